The van der Waals surface area contributed by atoms with E-state index in [1.807, 2.05) is 11.3 Å². The van der Waals surface area contributed by atoms with Crippen molar-refractivity contribution in [1.29, 1.82) is 0 Å². The van der Waals surface area contributed by atoms with Gasteiger partial charge in [0.2, 0.25) is 0 Å². The van der Waals surface area contributed by atoms with Gasteiger partial charge in [-0.2, -0.15) is 0 Å². The molecule has 17 aromatic carbocycles. The maximum absolute atomic E-state index is 7.21. The van der Waals surface area contributed by atoms with Crippen molar-refractivity contribution in [3.8, 4) is 78.1 Å². The zero-order valence-electron chi connectivity index (χ0n) is 69.4. The molecule has 8 heteroatoms. The topological polar surface area (TPSA) is 42.6 Å². The highest BCUT2D eigenvalue weighted by molar-refractivity contribution is 7.25. The second-order valence-corrected chi connectivity index (χ2v) is 38.2. The number of hydrogen-bond acceptors (Lipinski definition) is 5. The molecule has 22 aromatic rings. The Morgan fingerprint density at radius 3 is 1.06 bits per heavy atom. The number of aromatic nitrogens is 2. The molecule has 0 saturated heterocycles. The summed E-state index contributed by atoms with van der Waals surface area (Å²) >= 11 is 1.87. The molecule has 13 bridgehead atoms. The van der Waals surface area contributed by atoms with Gasteiger partial charge in [-0.25, -0.2) is 0 Å². The Balaban J connectivity index is 0.888. The molecule has 25 rings (SSSR count). The van der Waals surface area contributed by atoms with Crippen LogP contribution in [0, 0.1) is 0 Å². The average molecular weight is 1580 g/mol. The Hall–Kier alpha value is -14.2. The van der Waals surface area contributed by atoms with Crippen LogP contribution < -0.4 is 26.2 Å². The van der Waals surface area contributed by atoms with Crippen LogP contribution in [0.2, 0.25) is 0 Å². The van der Waals surface area contributed by atoms with Gasteiger partial charge in [0.15, 0.2) is 11.2 Å². The van der Waals surface area contributed by atoms with Gasteiger partial charge in [0.05, 0.1) is 33.4 Å². The van der Waals surface area contributed by atoms with Gasteiger partial charge >= 0.3 is 0 Å². The van der Waals surface area contributed by atoms with Gasteiger partial charge in [0.25, 0.3) is 6.71 Å². The van der Waals surface area contributed by atoms with Crippen molar-refractivity contribution in [3.63, 3.8) is 0 Å². The van der Waals surface area contributed by atoms with Crippen molar-refractivity contribution >= 4 is 176 Å². The fraction of sp³-hybridized carbons (Fsp3) is 0.105. The number of furan rings is 2. The Labute approximate surface area is 712 Å². The van der Waals surface area contributed by atoms with E-state index in [0.717, 1.165) is 189 Å². The van der Waals surface area contributed by atoms with E-state index in [1.54, 1.807) is 0 Å². The predicted molar refractivity (Wildman–Crippen MR) is 519 cm³/mol. The maximum atomic E-state index is 7.21. The monoisotopic (exact) mass is 1580 g/mol. The fourth-order valence-electron chi connectivity index (χ4n) is 20.8. The highest BCUT2D eigenvalue weighted by atomic mass is 32.1. The van der Waals surface area contributed by atoms with Crippen molar-refractivity contribution in [2.24, 2.45) is 0 Å². The van der Waals surface area contributed by atoms with E-state index in [-0.39, 0.29) is 17.5 Å². The van der Waals surface area contributed by atoms with Gasteiger partial charge in [-0.05, 0) is 227 Å². The third-order valence-electron chi connectivity index (χ3n) is 26.8. The minimum atomic E-state index is -0.411. The van der Waals surface area contributed by atoms with Crippen molar-refractivity contribution in [2.75, 3.05) is 9.80 Å². The smallest absolute Gasteiger partial charge is 0.252 e. The SMILES string of the molecule is CC(C)(C)c1cc(-c2ccccc2)c2c(c1)-c1cccc(c1)-c1ccc3sc4ccc(cc4c3c1)-c1cccc(c1)-c1cc(C(C)(C)C)cc(-c3ccccc3)c1N1c3cc(-n4c5ccccc5c5ccc6c7ccccc7oc6c54)ccc3B3c4ccc(-n5c6ccccc6c6ccc7c8ccccc8oc7c65)cc4N2c2cc(C(C)(C)C)cc1c23. The number of thiophene rings is 1. The van der Waals surface area contributed by atoms with Gasteiger partial charge in [0.1, 0.15) is 11.2 Å². The lowest BCUT2D eigenvalue weighted by Crippen LogP contribution is -2.61. The number of hydrogen-bond donors (Lipinski definition) is 0. The molecular weight excluding hydrogens is 1500 g/mol. The molecule has 8 heterocycles. The number of benzene rings is 17. The summed E-state index contributed by atoms with van der Waals surface area (Å²) in [6, 6.07) is 130. The molecule has 0 amide bonds. The highest BCUT2D eigenvalue weighted by Gasteiger charge is 2.47. The van der Waals surface area contributed by atoms with E-state index in [9.17, 15) is 0 Å². The van der Waals surface area contributed by atoms with Crippen LogP contribution >= 0.6 is 11.3 Å². The van der Waals surface area contributed by atoms with Crippen molar-refractivity contribution in [2.45, 2.75) is 78.6 Å². The lowest BCUT2D eigenvalue weighted by molar-refractivity contribution is 0.590. The third-order valence-corrected chi connectivity index (χ3v) is 28.0. The molecule has 0 spiro atoms. The lowest BCUT2D eigenvalue weighted by Gasteiger charge is -2.47. The first-order valence-electron chi connectivity index (χ1n) is 42.8. The van der Waals surface area contributed by atoms with E-state index in [0.29, 0.717) is 0 Å². The molecule has 580 valence electrons. The first-order chi connectivity index (χ1) is 59.4. The van der Waals surface area contributed by atoms with Gasteiger partial charge in [-0.1, -0.05) is 269 Å². The molecule has 0 aliphatic carbocycles. The molecular formula is C114H83BN4O2S. The van der Waals surface area contributed by atoms with Crippen LogP contribution in [0.1, 0.15) is 79.0 Å². The molecule has 0 fully saturated rings. The standard InChI is InChI=1S/C114H83BN4O2S/c1-112(2,3)74-58-87(66-26-12-10-13-27-66)106-89(60-74)72-32-24-30-68(54-72)70-42-52-103-91(56-70)92-57-71(43-53-104(92)122-103)69-31-25-33-73(55-69)90-61-75(113(4,5)6)59-88(67-28-14-11-15-29-67)107(90)119-98-65-78(117-96-39-21-17-35-80(96)84-47-49-86-82-37-19-23-41-102(82)121-111(86)109(84)117)45-51-94(98)115-93-50-44-77(64-97(93)118(106)99-62-76(114(7,8)9)63-100(119)105(99)115)116-95-38-20-16-34-79(95)83-46-48-85-81-36-18-22-40-101(81)120-110(85)108(83)116/h10-65H,1-9H3. The number of anilines is 6. The highest BCUT2D eigenvalue weighted by Crippen LogP contribution is 2.57. The zero-order valence-corrected chi connectivity index (χ0v) is 70.2. The largest absolute Gasteiger partial charge is 0.454 e. The van der Waals surface area contributed by atoms with Gasteiger partial charge < -0.3 is 27.8 Å². The first-order valence-corrected chi connectivity index (χ1v) is 43.6. The van der Waals surface area contributed by atoms with Crippen LogP contribution in [0.25, 0.3) is 186 Å². The summed E-state index contributed by atoms with van der Waals surface area (Å²) in [5.41, 5.74) is 36.3. The van der Waals surface area contributed by atoms with E-state index in [1.165, 1.54) is 64.4 Å². The zero-order chi connectivity index (χ0) is 81.7. The van der Waals surface area contributed by atoms with Crippen LogP contribution in [0.15, 0.2) is 349 Å². The molecule has 122 heavy (non-hydrogen) atoms. The summed E-state index contributed by atoms with van der Waals surface area (Å²) in [6.07, 6.45) is 0. The molecule has 3 aliphatic rings. The molecule has 0 radical (unpaired) electrons. The summed E-state index contributed by atoms with van der Waals surface area (Å²) in [6.45, 7) is 21.1. The van der Waals surface area contributed by atoms with Crippen molar-refractivity contribution in [1.82, 2.24) is 9.13 Å². The van der Waals surface area contributed by atoms with Crippen molar-refractivity contribution < 1.29 is 8.83 Å². The lowest BCUT2D eigenvalue weighted by atomic mass is 9.33. The van der Waals surface area contributed by atoms with Gasteiger partial charge in [-0.15, -0.1) is 11.3 Å². The van der Waals surface area contributed by atoms with E-state index >= 15 is 0 Å². The summed E-state index contributed by atoms with van der Waals surface area (Å²) < 4.78 is 22.0. The van der Waals surface area contributed by atoms with E-state index in [4.69, 9.17) is 8.83 Å². The molecule has 0 saturated carbocycles. The number of fused-ring (bicyclic) bond motifs is 34. The molecule has 0 unspecified atom stereocenters. The van der Waals surface area contributed by atoms with Crippen LogP contribution in [0.5, 0.6) is 0 Å². The Morgan fingerprint density at radius 2 is 0.623 bits per heavy atom. The van der Waals surface area contributed by atoms with Crippen LogP contribution in [-0.4, -0.2) is 15.8 Å². The molecule has 3 aliphatic heterocycles. The minimum Gasteiger partial charge on any atom is -0.454 e. The predicted octanol–water partition coefficient (Wildman–Crippen LogP) is 30.3. The number of nitrogens with zero attached hydrogens (tertiary/aromatic N) is 4. The summed E-state index contributed by atoms with van der Waals surface area (Å²) in [5.74, 6) is 0. The summed E-state index contributed by atoms with van der Waals surface area (Å²) in [5, 5.41) is 11.4. The van der Waals surface area contributed by atoms with Gasteiger partial charge in [0, 0.05) is 120 Å². The first kappa shape index (κ1) is 70.8. The normalized spacial score (nSPS) is 13.2. The third kappa shape index (κ3) is 10.4. The molecule has 5 aromatic heterocycles. The van der Waals surface area contributed by atoms with E-state index < -0.39 is 5.41 Å². The van der Waals surface area contributed by atoms with Crippen LogP contribution in [-0.2, 0) is 16.2 Å². The average Bonchev–Trinajstić information content (AvgIpc) is 0.724. The number of para-hydroxylation sites is 4. The fourth-order valence-corrected chi connectivity index (χ4v) is 21.8. The Morgan fingerprint density at radius 1 is 0.262 bits per heavy atom. The second-order valence-electron chi connectivity index (χ2n) is 37.1. The van der Waals surface area contributed by atoms with Crippen LogP contribution in [0.4, 0.5) is 34.1 Å². The minimum absolute atomic E-state index is 0.278. The van der Waals surface area contributed by atoms with E-state index in [2.05, 4.69) is 421 Å². The second kappa shape index (κ2) is 25.7. The Bertz CT molecular complexity index is 7820. The maximum Gasteiger partial charge on any atom is 0.252 e. The molecule has 0 N–H and O–H groups in total. The van der Waals surface area contributed by atoms with Crippen LogP contribution in [0.3, 0.4) is 0 Å². The number of rotatable bonds is 4. The van der Waals surface area contributed by atoms with Gasteiger partial charge in [-0.3, -0.25) is 0 Å². The Kier molecular flexibility index (Phi) is 14.9. The quantitative estimate of drug-likeness (QED) is 0.165. The van der Waals surface area contributed by atoms with Crippen molar-refractivity contribution in [3.05, 3.63) is 356 Å². The molecule has 0 atom stereocenters. The molecule has 6 nitrogen and oxygen atoms in total. The summed E-state index contributed by atoms with van der Waals surface area (Å²) in [7, 11) is 0. The summed E-state index contributed by atoms with van der Waals surface area (Å²) in [4.78, 5) is 5.52.